The third-order valence-electron chi connectivity index (χ3n) is 4.47. The minimum atomic E-state index is -0.654. The second kappa shape index (κ2) is 7.07. The van der Waals surface area contributed by atoms with Crippen LogP contribution in [0.4, 0.5) is 14.5 Å². The molecule has 2 unspecified atom stereocenters. The Morgan fingerprint density at radius 2 is 1.96 bits per heavy atom. The first kappa shape index (κ1) is 18.4. The van der Waals surface area contributed by atoms with Gasteiger partial charge in [0.1, 0.15) is 11.6 Å². The summed E-state index contributed by atoms with van der Waals surface area (Å²) in [7, 11) is 1.53. The Hall–Kier alpha value is -2.41. The molecule has 0 aromatic heterocycles. The minimum absolute atomic E-state index is 0.108. The minimum Gasteiger partial charge on any atom is -0.335 e. The number of rotatable bonds is 3. The zero-order valence-corrected chi connectivity index (χ0v) is 15.4. The van der Waals surface area contributed by atoms with Crippen LogP contribution in [0.5, 0.6) is 0 Å². The number of amides is 2. The largest absolute Gasteiger partial charge is 0.335 e. The molecule has 0 bridgehead atoms. The summed E-state index contributed by atoms with van der Waals surface area (Å²) in [6.45, 7) is 3.44. The highest BCUT2D eigenvalue weighted by Crippen LogP contribution is 2.36. The predicted molar refractivity (Wildman–Crippen MR) is 97.3 cm³/mol. The fourth-order valence-electron chi connectivity index (χ4n) is 2.76. The number of halogens is 2. The van der Waals surface area contributed by atoms with Crippen LogP contribution in [0.3, 0.4) is 0 Å². The van der Waals surface area contributed by atoms with Gasteiger partial charge in [-0.2, -0.15) is 0 Å². The summed E-state index contributed by atoms with van der Waals surface area (Å²) in [6, 6.07) is 7.59. The van der Waals surface area contributed by atoms with E-state index in [0.29, 0.717) is 11.3 Å². The predicted octanol–water partition coefficient (Wildman–Crippen LogP) is 4.23. The smallest absolute Gasteiger partial charge is 0.254 e. The lowest BCUT2D eigenvalue weighted by Crippen LogP contribution is -2.31. The molecule has 2 aromatic carbocycles. The quantitative estimate of drug-likeness (QED) is 0.872. The van der Waals surface area contributed by atoms with Gasteiger partial charge in [0.15, 0.2) is 0 Å². The van der Waals surface area contributed by atoms with Crippen molar-refractivity contribution in [1.82, 2.24) is 4.90 Å². The van der Waals surface area contributed by atoms with Gasteiger partial charge in [-0.15, -0.1) is 11.8 Å². The second-order valence-electron chi connectivity index (χ2n) is 6.22. The highest BCUT2D eigenvalue weighted by molar-refractivity contribution is 8.00. The molecule has 0 fully saturated rings. The summed E-state index contributed by atoms with van der Waals surface area (Å²) >= 11 is 1.43. The number of anilines is 1. The van der Waals surface area contributed by atoms with Crippen molar-refractivity contribution in [3.05, 3.63) is 59.2 Å². The average molecular weight is 376 g/mol. The van der Waals surface area contributed by atoms with E-state index >= 15 is 0 Å². The molecule has 0 radical (unpaired) electrons. The Kier molecular flexibility index (Phi) is 5.00. The maximum atomic E-state index is 14.0. The van der Waals surface area contributed by atoms with Crippen molar-refractivity contribution < 1.29 is 18.4 Å². The first-order valence-electron chi connectivity index (χ1n) is 8.11. The summed E-state index contributed by atoms with van der Waals surface area (Å²) in [5.41, 5.74) is 1.06. The fraction of sp³-hybridized carbons (Fsp3) is 0.263. The van der Waals surface area contributed by atoms with Crippen LogP contribution in [0.1, 0.15) is 35.8 Å². The molecule has 2 atom stereocenters. The number of thioether (sulfide) groups is 1. The van der Waals surface area contributed by atoms with Gasteiger partial charge in [-0.05, 0) is 50.2 Å². The second-order valence-corrected chi connectivity index (χ2v) is 7.60. The number of nitrogens with zero attached hydrogens (tertiary/aromatic N) is 1. The standard InChI is InChI=1S/C19H18F2N2O2S/c1-10(14-9-13(20)5-6-15(14)21)23(3)19(25)12-4-7-17-16(8-12)22-18(24)11(2)26-17/h4-11H,1-3H3,(H,22,24). The van der Waals surface area contributed by atoms with Gasteiger partial charge < -0.3 is 10.2 Å². The first-order chi connectivity index (χ1) is 12.3. The molecule has 2 aromatic rings. The van der Waals surface area contributed by atoms with Crippen molar-refractivity contribution >= 4 is 29.3 Å². The maximum Gasteiger partial charge on any atom is 0.254 e. The monoisotopic (exact) mass is 376 g/mol. The van der Waals surface area contributed by atoms with Crippen LogP contribution in [-0.4, -0.2) is 29.0 Å². The zero-order valence-electron chi connectivity index (χ0n) is 14.5. The van der Waals surface area contributed by atoms with Crippen molar-refractivity contribution in [2.45, 2.75) is 30.0 Å². The van der Waals surface area contributed by atoms with E-state index in [1.165, 1.54) is 23.7 Å². The third-order valence-corrected chi connectivity index (χ3v) is 5.64. The molecule has 1 aliphatic rings. The van der Waals surface area contributed by atoms with E-state index in [2.05, 4.69) is 5.32 Å². The lowest BCUT2D eigenvalue weighted by atomic mass is 10.0. The summed E-state index contributed by atoms with van der Waals surface area (Å²) in [6.07, 6.45) is 0. The summed E-state index contributed by atoms with van der Waals surface area (Å²) in [4.78, 5) is 26.8. The topological polar surface area (TPSA) is 49.4 Å². The molecule has 0 aliphatic carbocycles. The zero-order chi connectivity index (χ0) is 19.0. The van der Waals surface area contributed by atoms with E-state index in [1.807, 2.05) is 6.92 Å². The third kappa shape index (κ3) is 3.44. The number of nitrogens with one attached hydrogen (secondary N) is 1. The van der Waals surface area contributed by atoms with E-state index in [1.54, 1.807) is 25.1 Å². The highest BCUT2D eigenvalue weighted by Gasteiger charge is 2.26. The molecule has 3 rings (SSSR count). The number of fused-ring (bicyclic) bond motifs is 1. The van der Waals surface area contributed by atoms with Crippen molar-refractivity contribution in [1.29, 1.82) is 0 Å². The van der Waals surface area contributed by atoms with Gasteiger partial charge in [0.05, 0.1) is 17.0 Å². The Labute approximate surface area is 154 Å². The van der Waals surface area contributed by atoms with E-state index in [-0.39, 0.29) is 22.6 Å². The normalized spacial score (nSPS) is 17.3. The van der Waals surface area contributed by atoms with Crippen molar-refractivity contribution in [3.63, 3.8) is 0 Å². The van der Waals surface area contributed by atoms with Crippen molar-refractivity contribution in [2.24, 2.45) is 0 Å². The molecule has 2 amide bonds. The van der Waals surface area contributed by atoms with Crippen LogP contribution < -0.4 is 5.32 Å². The lowest BCUT2D eigenvalue weighted by Gasteiger charge is -2.27. The van der Waals surface area contributed by atoms with Crippen LogP contribution in [0.15, 0.2) is 41.3 Å². The molecule has 0 saturated heterocycles. The molecular formula is C19H18F2N2O2S. The Morgan fingerprint density at radius 3 is 2.69 bits per heavy atom. The molecule has 7 heteroatoms. The van der Waals surface area contributed by atoms with Crippen molar-refractivity contribution in [2.75, 3.05) is 12.4 Å². The number of hydrogen-bond acceptors (Lipinski definition) is 3. The average Bonchev–Trinajstić information content (AvgIpc) is 2.62. The number of benzene rings is 2. The molecule has 1 aliphatic heterocycles. The van der Waals surface area contributed by atoms with Crippen LogP contribution in [0.2, 0.25) is 0 Å². The van der Waals surface area contributed by atoms with E-state index in [9.17, 15) is 18.4 Å². The number of carbonyl (C=O) groups is 2. The Balaban J connectivity index is 1.86. The van der Waals surface area contributed by atoms with E-state index < -0.39 is 17.7 Å². The van der Waals surface area contributed by atoms with Gasteiger partial charge in [-0.1, -0.05) is 0 Å². The van der Waals surface area contributed by atoms with Crippen LogP contribution in [0, 0.1) is 11.6 Å². The summed E-state index contributed by atoms with van der Waals surface area (Å²) in [5, 5.41) is 2.59. The van der Waals surface area contributed by atoms with E-state index in [4.69, 9.17) is 0 Å². The van der Waals surface area contributed by atoms with Crippen LogP contribution in [-0.2, 0) is 4.79 Å². The molecular weight excluding hydrogens is 358 g/mol. The maximum absolute atomic E-state index is 14.0. The number of carbonyl (C=O) groups excluding carboxylic acids is 2. The van der Waals surface area contributed by atoms with Gasteiger partial charge in [0.25, 0.3) is 5.91 Å². The molecule has 1 N–H and O–H groups in total. The van der Waals surface area contributed by atoms with Gasteiger partial charge in [0.2, 0.25) is 5.91 Å². The first-order valence-corrected chi connectivity index (χ1v) is 8.99. The fourth-order valence-corrected chi connectivity index (χ4v) is 3.70. The molecule has 26 heavy (non-hydrogen) atoms. The number of hydrogen-bond donors (Lipinski definition) is 1. The van der Waals surface area contributed by atoms with Crippen LogP contribution in [0.25, 0.3) is 0 Å². The highest BCUT2D eigenvalue weighted by atomic mass is 32.2. The molecule has 136 valence electrons. The molecule has 0 spiro atoms. The van der Waals surface area contributed by atoms with Gasteiger partial charge in [0, 0.05) is 23.1 Å². The van der Waals surface area contributed by atoms with Crippen LogP contribution >= 0.6 is 11.8 Å². The summed E-state index contributed by atoms with van der Waals surface area (Å²) in [5.74, 6) is -1.59. The van der Waals surface area contributed by atoms with E-state index in [0.717, 1.165) is 23.1 Å². The van der Waals surface area contributed by atoms with Crippen molar-refractivity contribution in [3.8, 4) is 0 Å². The molecule has 0 saturated carbocycles. The molecule has 1 heterocycles. The summed E-state index contributed by atoms with van der Waals surface area (Å²) < 4.78 is 27.4. The Bertz CT molecular complexity index is 888. The SMILES string of the molecule is CC1Sc2ccc(C(=O)N(C)C(C)c3cc(F)ccc3F)cc2NC1=O. The van der Waals surface area contributed by atoms with Gasteiger partial charge >= 0.3 is 0 Å². The van der Waals surface area contributed by atoms with Gasteiger partial charge in [-0.3, -0.25) is 9.59 Å². The van der Waals surface area contributed by atoms with Gasteiger partial charge in [-0.25, -0.2) is 8.78 Å². The lowest BCUT2D eigenvalue weighted by molar-refractivity contribution is -0.115. The molecule has 4 nitrogen and oxygen atoms in total. The Morgan fingerprint density at radius 1 is 1.23 bits per heavy atom.